The number of H-pyrrole nitrogens is 1. The van der Waals surface area contributed by atoms with E-state index in [1.807, 2.05) is 85.8 Å². The van der Waals surface area contributed by atoms with Crippen LogP contribution in [0.5, 0.6) is 0 Å². The summed E-state index contributed by atoms with van der Waals surface area (Å²) in [6, 6.07) is 25.6. The molecule has 1 N–H and O–H groups in total. The van der Waals surface area contributed by atoms with Crippen molar-refractivity contribution in [1.29, 1.82) is 0 Å². The van der Waals surface area contributed by atoms with E-state index >= 15 is 0 Å². The maximum atomic E-state index is 13.8. The zero-order chi connectivity index (χ0) is 25.4. The minimum atomic E-state index is -0.588. The minimum absolute atomic E-state index is 0.00115. The van der Waals surface area contributed by atoms with Gasteiger partial charge in [-0.3, -0.25) is 18.9 Å². The van der Waals surface area contributed by atoms with Gasteiger partial charge in [-0.05, 0) is 60.9 Å². The summed E-state index contributed by atoms with van der Waals surface area (Å²) in [5, 5.41) is 3.85. The zero-order valence-electron chi connectivity index (χ0n) is 20.5. The van der Waals surface area contributed by atoms with Crippen LogP contribution < -0.4 is 11.3 Å². The third-order valence-corrected chi connectivity index (χ3v) is 6.89. The lowest BCUT2D eigenvalue weighted by atomic mass is 9.96. The van der Waals surface area contributed by atoms with Crippen LogP contribution >= 0.6 is 0 Å². The summed E-state index contributed by atoms with van der Waals surface area (Å²) in [6.07, 6.45) is 3.77. The van der Waals surface area contributed by atoms with E-state index in [1.54, 1.807) is 4.57 Å². The summed E-state index contributed by atoms with van der Waals surface area (Å²) in [7, 11) is 0. The van der Waals surface area contributed by atoms with Crippen molar-refractivity contribution in [3.05, 3.63) is 122 Å². The standard InChI is InChI=1S/C30H26N4O3/c1-19-31-27(18-21-11-12-21)26(29(35)34(19)23-7-3-2-4-8-23)17-20-13-15-22(16-14-20)24-9-5-6-10-25(24)28-32-30(36)37-33-28/h2-10,13-16,21H,11-12,17-18H2,1H3,(H,32,33,36). The number of nitrogens with one attached hydrogen (secondary N) is 1. The van der Waals surface area contributed by atoms with Crippen LogP contribution in [0.25, 0.3) is 28.2 Å². The van der Waals surface area contributed by atoms with Crippen LogP contribution in [0.2, 0.25) is 0 Å². The first kappa shape index (κ1) is 22.9. The van der Waals surface area contributed by atoms with E-state index in [-0.39, 0.29) is 5.56 Å². The van der Waals surface area contributed by atoms with Crippen LogP contribution in [0.4, 0.5) is 0 Å². The molecule has 7 nitrogen and oxygen atoms in total. The molecule has 1 aliphatic carbocycles. The van der Waals surface area contributed by atoms with Crippen molar-refractivity contribution in [3.8, 4) is 28.2 Å². The molecule has 2 aromatic heterocycles. The minimum Gasteiger partial charge on any atom is -0.296 e. The predicted molar refractivity (Wildman–Crippen MR) is 142 cm³/mol. The Labute approximate surface area is 213 Å². The Balaban J connectivity index is 1.36. The van der Waals surface area contributed by atoms with E-state index in [2.05, 4.69) is 10.1 Å². The first-order valence-electron chi connectivity index (χ1n) is 12.5. The number of nitrogens with zero attached hydrogens (tertiary/aromatic N) is 3. The number of aromatic amines is 1. The quantitative estimate of drug-likeness (QED) is 0.343. The Morgan fingerprint density at radius 2 is 1.62 bits per heavy atom. The summed E-state index contributed by atoms with van der Waals surface area (Å²) >= 11 is 0. The van der Waals surface area contributed by atoms with E-state index in [0.29, 0.717) is 24.0 Å². The Bertz CT molecular complexity index is 1680. The Morgan fingerprint density at radius 3 is 2.30 bits per heavy atom. The van der Waals surface area contributed by atoms with Crippen LogP contribution in [0, 0.1) is 12.8 Å². The number of benzene rings is 3. The lowest BCUT2D eigenvalue weighted by molar-refractivity contribution is 0.388. The topological polar surface area (TPSA) is 93.8 Å². The van der Waals surface area contributed by atoms with Gasteiger partial charge in [0.05, 0.1) is 11.4 Å². The summed E-state index contributed by atoms with van der Waals surface area (Å²) in [5.41, 5.74) is 6.22. The molecule has 2 heterocycles. The third-order valence-electron chi connectivity index (χ3n) is 6.89. The number of aryl methyl sites for hydroxylation is 1. The fourth-order valence-corrected chi connectivity index (χ4v) is 4.83. The summed E-state index contributed by atoms with van der Waals surface area (Å²) in [6.45, 7) is 1.91. The average molecular weight is 491 g/mol. The SMILES string of the molecule is Cc1nc(CC2CC2)c(Cc2ccc(-c3ccccc3-c3noc(=O)[nH]3)cc2)c(=O)n1-c1ccccc1. The van der Waals surface area contributed by atoms with Gasteiger partial charge in [0.2, 0.25) is 0 Å². The van der Waals surface area contributed by atoms with Crippen molar-refractivity contribution in [2.24, 2.45) is 5.92 Å². The molecule has 0 radical (unpaired) electrons. The lowest BCUT2D eigenvalue weighted by Gasteiger charge is -2.16. The molecule has 1 fully saturated rings. The highest BCUT2D eigenvalue weighted by molar-refractivity contribution is 5.80. The molecule has 0 amide bonds. The van der Waals surface area contributed by atoms with E-state index < -0.39 is 5.76 Å². The Kier molecular flexibility index (Phi) is 5.88. The van der Waals surface area contributed by atoms with Crippen molar-refractivity contribution in [1.82, 2.24) is 19.7 Å². The molecule has 6 rings (SSSR count). The molecule has 0 bridgehead atoms. The van der Waals surface area contributed by atoms with Gasteiger partial charge < -0.3 is 0 Å². The van der Waals surface area contributed by atoms with Crippen molar-refractivity contribution < 1.29 is 4.52 Å². The molecule has 1 aliphatic rings. The Morgan fingerprint density at radius 1 is 0.919 bits per heavy atom. The molecule has 0 unspecified atom stereocenters. The molecule has 7 heteroatoms. The first-order chi connectivity index (χ1) is 18.1. The van der Waals surface area contributed by atoms with E-state index in [1.165, 1.54) is 12.8 Å². The van der Waals surface area contributed by atoms with E-state index in [0.717, 1.165) is 45.6 Å². The fraction of sp³-hybridized carbons (Fsp3) is 0.200. The molecule has 0 aliphatic heterocycles. The number of hydrogen-bond donors (Lipinski definition) is 1. The predicted octanol–water partition coefficient (Wildman–Crippen LogP) is 5.09. The van der Waals surface area contributed by atoms with Gasteiger partial charge in [0.25, 0.3) is 5.56 Å². The number of para-hydroxylation sites is 1. The third kappa shape index (κ3) is 4.68. The van der Waals surface area contributed by atoms with Crippen LogP contribution in [-0.2, 0) is 12.8 Å². The largest absolute Gasteiger partial charge is 0.439 e. The average Bonchev–Trinajstić information content (AvgIpc) is 3.63. The summed E-state index contributed by atoms with van der Waals surface area (Å²) in [4.78, 5) is 32.8. The van der Waals surface area contributed by atoms with Crippen molar-refractivity contribution in [2.45, 2.75) is 32.6 Å². The molecule has 5 aromatic rings. The van der Waals surface area contributed by atoms with Crippen LogP contribution in [0.3, 0.4) is 0 Å². The number of rotatable bonds is 7. The van der Waals surface area contributed by atoms with Gasteiger partial charge in [0.15, 0.2) is 5.82 Å². The smallest absolute Gasteiger partial charge is 0.296 e. The number of aromatic nitrogens is 4. The highest BCUT2D eigenvalue weighted by Gasteiger charge is 2.26. The molecule has 37 heavy (non-hydrogen) atoms. The normalized spacial score (nSPS) is 13.1. The van der Waals surface area contributed by atoms with Crippen LogP contribution in [0.1, 0.15) is 35.5 Å². The summed E-state index contributed by atoms with van der Waals surface area (Å²) < 4.78 is 6.42. The molecule has 1 saturated carbocycles. The molecule has 0 spiro atoms. The van der Waals surface area contributed by atoms with Gasteiger partial charge in [-0.15, -0.1) is 0 Å². The maximum Gasteiger partial charge on any atom is 0.439 e. The van der Waals surface area contributed by atoms with Gasteiger partial charge in [0.1, 0.15) is 5.82 Å². The fourth-order valence-electron chi connectivity index (χ4n) is 4.83. The van der Waals surface area contributed by atoms with Crippen molar-refractivity contribution >= 4 is 0 Å². The van der Waals surface area contributed by atoms with E-state index in [4.69, 9.17) is 9.51 Å². The van der Waals surface area contributed by atoms with Crippen molar-refractivity contribution in [3.63, 3.8) is 0 Å². The van der Waals surface area contributed by atoms with Gasteiger partial charge in [0, 0.05) is 17.5 Å². The highest BCUT2D eigenvalue weighted by atomic mass is 16.5. The molecule has 184 valence electrons. The zero-order valence-corrected chi connectivity index (χ0v) is 20.5. The highest BCUT2D eigenvalue weighted by Crippen LogP contribution is 2.33. The first-order valence-corrected chi connectivity index (χ1v) is 12.5. The Hall–Kier alpha value is -4.52. The second kappa shape index (κ2) is 9.50. The van der Waals surface area contributed by atoms with Gasteiger partial charge in [-0.1, -0.05) is 71.9 Å². The molecule has 0 atom stereocenters. The second-order valence-corrected chi connectivity index (χ2v) is 9.57. The second-order valence-electron chi connectivity index (χ2n) is 9.57. The molecule has 3 aromatic carbocycles. The summed E-state index contributed by atoms with van der Waals surface area (Å²) in [5.74, 6) is 1.14. The molecular formula is C30H26N4O3. The molecular weight excluding hydrogens is 464 g/mol. The number of hydrogen-bond acceptors (Lipinski definition) is 5. The maximum absolute atomic E-state index is 13.8. The lowest BCUT2D eigenvalue weighted by Crippen LogP contribution is -2.28. The molecule has 0 saturated heterocycles. The van der Waals surface area contributed by atoms with Crippen LogP contribution in [-0.4, -0.2) is 19.7 Å². The van der Waals surface area contributed by atoms with Gasteiger partial charge in [-0.25, -0.2) is 9.78 Å². The monoisotopic (exact) mass is 490 g/mol. The van der Waals surface area contributed by atoms with Crippen LogP contribution in [0.15, 0.2) is 93.0 Å². The van der Waals surface area contributed by atoms with Crippen molar-refractivity contribution in [2.75, 3.05) is 0 Å². The van der Waals surface area contributed by atoms with Gasteiger partial charge in [-0.2, -0.15) is 0 Å². The van der Waals surface area contributed by atoms with E-state index in [9.17, 15) is 9.59 Å². The van der Waals surface area contributed by atoms with Gasteiger partial charge >= 0.3 is 5.76 Å².